The second-order valence-corrected chi connectivity index (χ2v) is 5.84. The molecule has 1 aromatic carbocycles. The molecule has 1 aliphatic heterocycles. The standard InChI is InChI=1S/C16H17N5O2/c1-2-20-9-11(8-14(20)22)10-21-7-6-17-16(21)12-4-3-5-13-15(12)19-23-18-13/h3-7,11H,2,8-10H2,1H3/t11-/m1/s1. The molecule has 0 unspecified atom stereocenters. The highest BCUT2D eigenvalue weighted by atomic mass is 16.6. The van der Waals surface area contributed by atoms with Gasteiger partial charge in [0, 0.05) is 49.9 Å². The van der Waals surface area contributed by atoms with Crippen molar-refractivity contribution in [2.45, 2.75) is 19.9 Å². The van der Waals surface area contributed by atoms with Crippen LogP contribution in [0, 0.1) is 5.92 Å². The monoisotopic (exact) mass is 311 g/mol. The first-order chi connectivity index (χ1) is 11.3. The summed E-state index contributed by atoms with van der Waals surface area (Å²) in [6.45, 7) is 4.36. The van der Waals surface area contributed by atoms with Gasteiger partial charge in [-0.2, -0.15) is 0 Å². The van der Waals surface area contributed by atoms with Crippen LogP contribution in [0.2, 0.25) is 0 Å². The molecule has 1 saturated heterocycles. The largest absolute Gasteiger partial charge is 0.343 e. The van der Waals surface area contributed by atoms with Gasteiger partial charge in [0.25, 0.3) is 0 Å². The van der Waals surface area contributed by atoms with Gasteiger partial charge in [-0.05, 0) is 29.4 Å². The maximum absolute atomic E-state index is 11.9. The van der Waals surface area contributed by atoms with E-state index in [2.05, 4.69) is 19.9 Å². The van der Waals surface area contributed by atoms with E-state index in [1.165, 1.54) is 0 Å². The van der Waals surface area contributed by atoms with E-state index >= 15 is 0 Å². The highest BCUT2D eigenvalue weighted by Crippen LogP contribution is 2.27. The number of benzene rings is 1. The molecule has 1 amide bonds. The van der Waals surface area contributed by atoms with E-state index in [1.807, 2.05) is 36.2 Å². The Balaban J connectivity index is 1.64. The first kappa shape index (κ1) is 13.9. The van der Waals surface area contributed by atoms with Crippen LogP contribution in [0.15, 0.2) is 35.2 Å². The summed E-state index contributed by atoms with van der Waals surface area (Å²) in [6, 6.07) is 5.74. The van der Waals surface area contributed by atoms with Gasteiger partial charge in [-0.3, -0.25) is 4.79 Å². The molecule has 7 heteroatoms. The fourth-order valence-electron chi connectivity index (χ4n) is 3.25. The van der Waals surface area contributed by atoms with Gasteiger partial charge >= 0.3 is 0 Å². The van der Waals surface area contributed by atoms with Crippen LogP contribution in [0.4, 0.5) is 0 Å². The SMILES string of the molecule is CCN1C[C@H](Cn2ccnc2-c2cccc3nonc23)CC1=O. The first-order valence-electron chi connectivity index (χ1n) is 7.77. The van der Waals surface area contributed by atoms with Gasteiger partial charge in [0.05, 0.1) is 0 Å². The lowest BCUT2D eigenvalue weighted by Gasteiger charge is -2.15. The van der Waals surface area contributed by atoms with E-state index in [4.69, 9.17) is 4.63 Å². The Morgan fingerprint density at radius 2 is 2.26 bits per heavy atom. The molecule has 1 fully saturated rings. The lowest BCUT2D eigenvalue weighted by molar-refractivity contribution is -0.127. The van der Waals surface area contributed by atoms with Crippen molar-refractivity contribution in [3.8, 4) is 11.4 Å². The Labute approximate surface area is 132 Å². The van der Waals surface area contributed by atoms with Crippen LogP contribution in [0.25, 0.3) is 22.4 Å². The molecule has 0 N–H and O–H groups in total. The second kappa shape index (κ2) is 5.49. The summed E-state index contributed by atoms with van der Waals surface area (Å²) in [4.78, 5) is 18.3. The number of hydrogen-bond donors (Lipinski definition) is 0. The molecule has 1 aliphatic rings. The zero-order valence-corrected chi connectivity index (χ0v) is 12.8. The lowest BCUT2D eigenvalue weighted by Crippen LogP contribution is -2.25. The quantitative estimate of drug-likeness (QED) is 0.736. The molecule has 3 aromatic rings. The molecule has 0 radical (unpaired) electrons. The van der Waals surface area contributed by atoms with Crippen molar-refractivity contribution in [2.75, 3.05) is 13.1 Å². The normalized spacial score (nSPS) is 18.2. The Morgan fingerprint density at radius 3 is 3.09 bits per heavy atom. The molecule has 7 nitrogen and oxygen atoms in total. The molecule has 118 valence electrons. The molecule has 3 heterocycles. The van der Waals surface area contributed by atoms with Crippen molar-refractivity contribution in [1.29, 1.82) is 0 Å². The minimum absolute atomic E-state index is 0.238. The van der Waals surface area contributed by atoms with E-state index < -0.39 is 0 Å². The third-order valence-electron chi connectivity index (χ3n) is 4.37. The number of likely N-dealkylation sites (tertiary alicyclic amines) is 1. The Bertz CT molecular complexity index is 853. The van der Waals surface area contributed by atoms with E-state index in [9.17, 15) is 4.79 Å². The summed E-state index contributed by atoms with van der Waals surface area (Å²) in [5.41, 5.74) is 2.31. The number of aromatic nitrogens is 4. The topological polar surface area (TPSA) is 77.1 Å². The van der Waals surface area contributed by atoms with Crippen LogP contribution in [0.1, 0.15) is 13.3 Å². The van der Waals surface area contributed by atoms with E-state index in [0.29, 0.717) is 23.4 Å². The third-order valence-corrected chi connectivity index (χ3v) is 4.37. The van der Waals surface area contributed by atoms with Crippen LogP contribution in [-0.2, 0) is 11.3 Å². The van der Waals surface area contributed by atoms with Gasteiger partial charge in [0.15, 0.2) is 0 Å². The summed E-state index contributed by atoms with van der Waals surface area (Å²) in [6.07, 6.45) is 4.32. The Hall–Kier alpha value is -2.70. The molecule has 0 saturated carbocycles. The maximum atomic E-state index is 11.9. The third kappa shape index (κ3) is 2.38. The van der Waals surface area contributed by atoms with Crippen LogP contribution >= 0.6 is 0 Å². The number of nitrogens with zero attached hydrogens (tertiary/aromatic N) is 5. The van der Waals surface area contributed by atoms with Gasteiger partial charge in [0.1, 0.15) is 16.9 Å². The van der Waals surface area contributed by atoms with Crippen LogP contribution < -0.4 is 0 Å². The minimum Gasteiger partial charge on any atom is -0.343 e. The second-order valence-electron chi connectivity index (χ2n) is 5.84. The predicted molar refractivity (Wildman–Crippen MR) is 83.4 cm³/mol. The molecule has 4 rings (SSSR count). The van der Waals surface area contributed by atoms with Crippen molar-refractivity contribution >= 4 is 16.9 Å². The molecular weight excluding hydrogens is 294 g/mol. The average Bonchev–Trinajstić information content (AvgIpc) is 3.26. The summed E-state index contributed by atoms with van der Waals surface area (Å²) >= 11 is 0. The minimum atomic E-state index is 0.238. The van der Waals surface area contributed by atoms with E-state index in [1.54, 1.807) is 6.20 Å². The van der Waals surface area contributed by atoms with Crippen LogP contribution in [0.3, 0.4) is 0 Å². The molecular formula is C16H17N5O2. The van der Waals surface area contributed by atoms with Gasteiger partial charge in [-0.15, -0.1) is 0 Å². The highest BCUT2D eigenvalue weighted by molar-refractivity contribution is 5.88. The number of fused-ring (bicyclic) bond motifs is 1. The highest BCUT2D eigenvalue weighted by Gasteiger charge is 2.29. The average molecular weight is 311 g/mol. The Kier molecular flexibility index (Phi) is 3.33. The fourth-order valence-corrected chi connectivity index (χ4v) is 3.25. The molecule has 1 atom stereocenters. The summed E-state index contributed by atoms with van der Waals surface area (Å²) in [7, 11) is 0. The van der Waals surface area contributed by atoms with Gasteiger partial charge in [0.2, 0.25) is 5.91 Å². The number of rotatable bonds is 4. The van der Waals surface area contributed by atoms with Crippen LogP contribution in [-0.4, -0.2) is 43.8 Å². The molecule has 0 spiro atoms. The number of carbonyl (C=O) groups excluding carboxylic acids is 1. The smallest absolute Gasteiger partial charge is 0.222 e. The van der Waals surface area contributed by atoms with Gasteiger partial charge < -0.3 is 9.47 Å². The maximum Gasteiger partial charge on any atom is 0.222 e. The molecule has 2 aromatic heterocycles. The van der Waals surface area contributed by atoms with E-state index in [-0.39, 0.29) is 5.91 Å². The van der Waals surface area contributed by atoms with Crippen molar-refractivity contribution in [2.24, 2.45) is 5.92 Å². The summed E-state index contributed by atoms with van der Waals surface area (Å²) in [5, 5.41) is 7.86. The Morgan fingerprint density at radius 1 is 1.35 bits per heavy atom. The molecule has 23 heavy (non-hydrogen) atoms. The van der Waals surface area contributed by atoms with Crippen molar-refractivity contribution in [1.82, 2.24) is 24.8 Å². The van der Waals surface area contributed by atoms with Gasteiger partial charge in [-0.1, -0.05) is 6.07 Å². The molecule has 0 bridgehead atoms. The summed E-state index contributed by atoms with van der Waals surface area (Å²) < 4.78 is 6.92. The fraction of sp³-hybridized carbons (Fsp3) is 0.375. The first-order valence-corrected chi connectivity index (χ1v) is 7.77. The summed E-state index contributed by atoms with van der Waals surface area (Å²) in [5.74, 6) is 1.38. The van der Waals surface area contributed by atoms with E-state index in [0.717, 1.165) is 31.0 Å². The number of imidazole rings is 1. The van der Waals surface area contributed by atoms with Crippen molar-refractivity contribution in [3.63, 3.8) is 0 Å². The zero-order valence-electron chi connectivity index (χ0n) is 12.8. The van der Waals surface area contributed by atoms with Crippen molar-refractivity contribution in [3.05, 3.63) is 30.6 Å². The van der Waals surface area contributed by atoms with Crippen LogP contribution in [0.5, 0.6) is 0 Å². The van der Waals surface area contributed by atoms with Crippen molar-refractivity contribution < 1.29 is 9.42 Å². The van der Waals surface area contributed by atoms with Gasteiger partial charge in [-0.25, -0.2) is 9.61 Å². The number of carbonyl (C=O) groups is 1. The predicted octanol–water partition coefficient (Wildman–Crippen LogP) is 1.95. The molecule has 0 aliphatic carbocycles. The zero-order chi connectivity index (χ0) is 15.8. The number of amides is 1. The lowest BCUT2D eigenvalue weighted by atomic mass is 10.1. The number of hydrogen-bond acceptors (Lipinski definition) is 5.